The Bertz CT molecular complexity index is 641. The molecular formula is C13H11ClFNO4. The number of carbonyl (C=O) groups is 1. The van der Waals surface area contributed by atoms with Gasteiger partial charge in [0.15, 0.2) is 5.76 Å². The van der Waals surface area contributed by atoms with E-state index in [1.54, 1.807) is 6.07 Å². The van der Waals surface area contributed by atoms with E-state index in [2.05, 4.69) is 5.16 Å². The van der Waals surface area contributed by atoms with Gasteiger partial charge in [-0.3, -0.25) is 4.79 Å². The van der Waals surface area contributed by atoms with E-state index in [1.807, 2.05) is 0 Å². The first-order valence-corrected chi connectivity index (χ1v) is 6.10. The van der Waals surface area contributed by atoms with E-state index in [9.17, 15) is 9.18 Å². The van der Waals surface area contributed by atoms with Crippen LogP contribution in [0.2, 0.25) is 5.02 Å². The lowest BCUT2D eigenvalue weighted by Gasteiger charge is -2.03. The van der Waals surface area contributed by atoms with Crippen molar-refractivity contribution in [2.45, 2.75) is 12.8 Å². The molecule has 0 unspecified atom stereocenters. The zero-order valence-corrected chi connectivity index (χ0v) is 11.3. The highest BCUT2D eigenvalue weighted by Crippen LogP contribution is 2.33. The number of halogens is 2. The SMILES string of the molecule is COc1ccc(-c2noc(CCC(=O)O)c2Cl)c(F)c1. The van der Waals surface area contributed by atoms with E-state index in [1.165, 1.54) is 19.2 Å². The Morgan fingerprint density at radius 1 is 1.55 bits per heavy atom. The van der Waals surface area contributed by atoms with Crippen LogP contribution in [0.25, 0.3) is 11.3 Å². The van der Waals surface area contributed by atoms with Gasteiger partial charge < -0.3 is 14.4 Å². The number of rotatable bonds is 5. The van der Waals surface area contributed by atoms with Gasteiger partial charge in [-0.25, -0.2) is 4.39 Å². The third-order valence-corrected chi connectivity index (χ3v) is 3.09. The number of aromatic nitrogens is 1. The molecule has 2 aromatic rings. The van der Waals surface area contributed by atoms with Gasteiger partial charge in [-0.05, 0) is 12.1 Å². The molecule has 0 saturated heterocycles. The van der Waals surface area contributed by atoms with Crippen molar-refractivity contribution in [3.63, 3.8) is 0 Å². The van der Waals surface area contributed by atoms with E-state index in [-0.39, 0.29) is 34.9 Å². The zero-order chi connectivity index (χ0) is 14.7. The molecule has 0 atom stereocenters. The molecule has 0 radical (unpaired) electrons. The summed E-state index contributed by atoms with van der Waals surface area (Å²) in [7, 11) is 1.43. The molecule has 1 heterocycles. The molecule has 0 fully saturated rings. The summed E-state index contributed by atoms with van der Waals surface area (Å²) in [5, 5.41) is 12.4. The summed E-state index contributed by atoms with van der Waals surface area (Å²) in [6, 6.07) is 4.25. The monoisotopic (exact) mass is 299 g/mol. The molecule has 0 spiro atoms. The Hall–Kier alpha value is -2.08. The molecule has 1 N–H and O–H groups in total. The Morgan fingerprint density at radius 2 is 2.30 bits per heavy atom. The molecule has 2 rings (SSSR count). The summed E-state index contributed by atoms with van der Waals surface area (Å²) < 4.78 is 23.8. The molecule has 0 amide bonds. The summed E-state index contributed by atoms with van der Waals surface area (Å²) in [5.74, 6) is -0.935. The van der Waals surface area contributed by atoms with Gasteiger partial charge in [0.1, 0.15) is 22.3 Å². The minimum Gasteiger partial charge on any atom is -0.497 e. The predicted octanol–water partition coefficient (Wildman–Crippen LogP) is 3.16. The van der Waals surface area contributed by atoms with Crippen LogP contribution >= 0.6 is 11.6 Å². The van der Waals surface area contributed by atoms with Gasteiger partial charge in [-0.15, -0.1) is 0 Å². The highest BCUT2D eigenvalue weighted by atomic mass is 35.5. The second-order valence-electron chi connectivity index (χ2n) is 4.01. The van der Waals surface area contributed by atoms with Crippen molar-refractivity contribution in [2.24, 2.45) is 0 Å². The topological polar surface area (TPSA) is 72.6 Å². The lowest BCUT2D eigenvalue weighted by Crippen LogP contribution is -1.96. The zero-order valence-electron chi connectivity index (χ0n) is 10.5. The van der Waals surface area contributed by atoms with Crippen LogP contribution in [0, 0.1) is 5.82 Å². The summed E-state index contributed by atoms with van der Waals surface area (Å²) in [5.41, 5.74) is 0.313. The fraction of sp³-hybridized carbons (Fsp3) is 0.231. The molecule has 5 nitrogen and oxygen atoms in total. The van der Waals surface area contributed by atoms with Crippen molar-refractivity contribution in [3.8, 4) is 17.0 Å². The van der Waals surface area contributed by atoms with Gasteiger partial charge in [0.25, 0.3) is 0 Å². The van der Waals surface area contributed by atoms with Crippen molar-refractivity contribution < 1.29 is 23.6 Å². The van der Waals surface area contributed by atoms with E-state index < -0.39 is 11.8 Å². The number of carboxylic acid groups (broad SMARTS) is 1. The van der Waals surface area contributed by atoms with E-state index in [4.69, 9.17) is 26.0 Å². The van der Waals surface area contributed by atoms with Gasteiger partial charge in [0.05, 0.1) is 13.5 Å². The highest BCUT2D eigenvalue weighted by molar-refractivity contribution is 6.33. The van der Waals surface area contributed by atoms with Gasteiger partial charge in [-0.2, -0.15) is 0 Å². The van der Waals surface area contributed by atoms with Crippen molar-refractivity contribution in [3.05, 3.63) is 34.8 Å². The third-order valence-electron chi connectivity index (χ3n) is 2.70. The highest BCUT2D eigenvalue weighted by Gasteiger charge is 2.19. The molecule has 0 aliphatic heterocycles. The molecule has 1 aromatic heterocycles. The Balaban J connectivity index is 2.32. The second-order valence-corrected chi connectivity index (χ2v) is 4.39. The minimum absolute atomic E-state index is 0.0962. The largest absolute Gasteiger partial charge is 0.497 e. The number of hydrogen-bond acceptors (Lipinski definition) is 4. The molecule has 1 aromatic carbocycles. The first-order chi connectivity index (χ1) is 9.52. The van der Waals surface area contributed by atoms with E-state index in [0.717, 1.165) is 0 Å². The first kappa shape index (κ1) is 14.3. The van der Waals surface area contributed by atoms with Gasteiger partial charge in [0.2, 0.25) is 0 Å². The number of aliphatic carboxylic acids is 1. The van der Waals surface area contributed by atoms with Crippen LogP contribution in [-0.4, -0.2) is 23.3 Å². The molecule has 7 heteroatoms. The lowest BCUT2D eigenvalue weighted by molar-refractivity contribution is -0.137. The van der Waals surface area contributed by atoms with Crippen molar-refractivity contribution in [2.75, 3.05) is 7.11 Å². The van der Waals surface area contributed by atoms with Crippen molar-refractivity contribution in [1.29, 1.82) is 0 Å². The average Bonchev–Trinajstić information content (AvgIpc) is 2.77. The van der Waals surface area contributed by atoms with Crippen LogP contribution in [-0.2, 0) is 11.2 Å². The Labute approximate surface area is 118 Å². The van der Waals surface area contributed by atoms with Crippen LogP contribution < -0.4 is 4.74 Å². The molecule has 0 bridgehead atoms. The predicted molar refractivity (Wildman–Crippen MR) is 69.4 cm³/mol. The van der Waals surface area contributed by atoms with Crippen LogP contribution in [0.4, 0.5) is 4.39 Å². The maximum atomic E-state index is 13.9. The van der Waals surface area contributed by atoms with Crippen molar-refractivity contribution in [1.82, 2.24) is 5.16 Å². The van der Waals surface area contributed by atoms with Crippen LogP contribution in [0.1, 0.15) is 12.2 Å². The number of nitrogens with zero attached hydrogens (tertiary/aromatic N) is 1. The number of methoxy groups -OCH3 is 1. The van der Waals surface area contributed by atoms with E-state index >= 15 is 0 Å². The molecular weight excluding hydrogens is 289 g/mol. The minimum atomic E-state index is -0.977. The Morgan fingerprint density at radius 3 is 2.90 bits per heavy atom. The number of ether oxygens (including phenoxy) is 1. The number of aryl methyl sites for hydroxylation is 1. The smallest absolute Gasteiger partial charge is 0.303 e. The van der Waals surface area contributed by atoms with Crippen LogP contribution in [0.15, 0.2) is 22.7 Å². The van der Waals surface area contributed by atoms with Crippen LogP contribution in [0.5, 0.6) is 5.75 Å². The number of carboxylic acids is 1. The molecule has 106 valence electrons. The van der Waals surface area contributed by atoms with Crippen LogP contribution in [0.3, 0.4) is 0 Å². The summed E-state index contributed by atoms with van der Waals surface area (Å²) in [6.45, 7) is 0. The fourth-order valence-corrected chi connectivity index (χ4v) is 1.94. The standard InChI is InChI=1S/C13H11ClFNO4/c1-19-7-2-3-8(9(15)6-7)13-12(14)10(20-16-13)4-5-11(17)18/h2-3,6H,4-5H2,1H3,(H,17,18). The maximum absolute atomic E-state index is 13.9. The fourth-order valence-electron chi connectivity index (χ4n) is 1.67. The normalized spacial score (nSPS) is 10.6. The van der Waals surface area contributed by atoms with Gasteiger partial charge in [-0.1, -0.05) is 16.8 Å². The Kier molecular flexibility index (Phi) is 4.24. The average molecular weight is 300 g/mol. The van der Waals surface area contributed by atoms with Gasteiger partial charge in [0, 0.05) is 18.1 Å². The number of benzene rings is 1. The first-order valence-electron chi connectivity index (χ1n) is 5.72. The van der Waals surface area contributed by atoms with E-state index in [0.29, 0.717) is 5.75 Å². The van der Waals surface area contributed by atoms with Crippen molar-refractivity contribution >= 4 is 17.6 Å². The third kappa shape index (κ3) is 2.91. The molecule has 0 saturated carbocycles. The quantitative estimate of drug-likeness (QED) is 0.918. The molecule has 0 aliphatic rings. The summed E-state index contributed by atoms with van der Waals surface area (Å²) in [4.78, 5) is 10.5. The summed E-state index contributed by atoms with van der Waals surface area (Å²) >= 11 is 6.04. The second kappa shape index (κ2) is 5.92. The lowest BCUT2D eigenvalue weighted by atomic mass is 10.1. The maximum Gasteiger partial charge on any atom is 0.303 e. The summed E-state index contributed by atoms with van der Waals surface area (Å²) in [6.07, 6.45) is -0.0433. The molecule has 0 aliphatic carbocycles. The van der Waals surface area contributed by atoms with Gasteiger partial charge >= 0.3 is 5.97 Å². The molecule has 20 heavy (non-hydrogen) atoms. The number of hydrogen-bond donors (Lipinski definition) is 1.